The zero-order chi connectivity index (χ0) is 16.5. The van der Waals surface area contributed by atoms with Gasteiger partial charge in [-0.15, -0.1) is 24.0 Å². The predicted octanol–water partition coefficient (Wildman–Crippen LogP) is 2.89. The van der Waals surface area contributed by atoms with Gasteiger partial charge in [-0.25, -0.2) is 0 Å². The smallest absolute Gasteiger partial charge is 0.191 e. The Morgan fingerprint density at radius 3 is 2.71 bits per heavy atom. The average Bonchev–Trinajstić information content (AvgIpc) is 2.59. The van der Waals surface area contributed by atoms with Gasteiger partial charge in [0.25, 0.3) is 0 Å². The molecule has 1 aliphatic rings. The third kappa shape index (κ3) is 6.57. The second kappa shape index (κ2) is 11.7. The van der Waals surface area contributed by atoms with Crippen molar-refractivity contribution in [2.75, 3.05) is 40.5 Å². The van der Waals surface area contributed by atoms with Crippen LogP contribution in [0.4, 0.5) is 0 Å². The van der Waals surface area contributed by atoms with Crippen molar-refractivity contribution in [1.82, 2.24) is 10.6 Å². The Morgan fingerprint density at radius 1 is 1.29 bits per heavy atom. The lowest BCUT2D eigenvalue weighted by Crippen LogP contribution is -2.42. The number of halogens is 1. The van der Waals surface area contributed by atoms with E-state index in [2.05, 4.69) is 46.8 Å². The van der Waals surface area contributed by atoms with E-state index >= 15 is 0 Å². The van der Waals surface area contributed by atoms with Crippen molar-refractivity contribution in [3.8, 4) is 0 Å². The number of nitrogens with one attached hydrogen (secondary N) is 2. The van der Waals surface area contributed by atoms with Gasteiger partial charge >= 0.3 is 0 Å². The molecule has 0 aliphatic carbocycles. The first-order chi connectivity index (χ1) is 11.2. The normalized spacial score (nSPS) is 21.0. The standard InChI is InChI=1S/C18H29N3O2.HI/c1-14-6-8-15(9-7-14)17-16(5-4-11-23-17)13-21-18(19-2)20-10-12-22-3;/h6-9,16-17H,4-5,10-13H2,1-3H3,(H2,19,20,21);1H. The molecule has 2 atom stereocenters. The van der Waals surface area contributed by atoms with Crippen molar-refractivity contribution in [1.29, 1.82) is 0 Å². The minimum Gasteiger partial charge on any atom is -0.383 e. The largest absolute Gasteiger partial charge is 0.383 e. The summed E-state index contributed by atoms with van der Waals surface area (Å²) >= 11 is 0. The van der Waals surface area contributed by atoms with E-state index in [0.717, 1.165) is 32.1 Å². The molecule has 1 aromatic carbocycles. The number of rotatable bonds is 6. The van der Waals surface area contributed by atoms with E-state index in [4.69, 9.17) is 9.47 Å². The Bertz CT molecular complexity index is 494. The fraction of sp³-hybridized carbons (Fsp3) is 0.611. The zero-order valence-corrected chi connectivity index (χ0v) is 17.2. The van der Waals surface area contributed by atoms with Gasteiger partial charge in [-0.05, 0) is 25.3 Å². The molecule has 6 heteroatoms. The molecule has 1 saturated heterocycles. The molecule has 0 spiro atoms. The van der Waals surface area contributed by atoms with Crippen molar-refractivity contribution < 1.29 is 9.47 Å². The van der Waals surface area contributed by atoms with Gasteiger partial charge in [-0.1, -0.05) is 29.8 Å². The number of aliphatic imine (C=N–C) groups is 1. The van der Waals surface area contributed by atoms with Crippen LogP contribution >= 0.6 is 24.0 Å². The van der Waals surface area contributed by atoms with Gasteiger partial charge in [0.2, 0.25) is 0 Å². The second-order valence-corrected chi connectivity index (χ2v) is 5.98. The first-order valence-electron chi connectivity index (χ1n) is 8.36. The summed E-state index contributed by atoms with van der Waals surface area (Å²) in [5, 5.41) is 6.66. The lowest BCUT2D eigenvalue weighted by molar-refractivity contribution is -0.0265. The van der Waals surface area contributed by atoms with E-state index in [1.165, 1.54) is 17.5 Å². The monoisotopic (exact) mass is 447 g/mol. The summed E-state index contributed by atoms with van der Waals surface area (Å²) in [7, 11) is 3.49. The highest BCUT2D eigenvalue weighted by Crippen LogP contribution is 2.33. The molecule has 1 heterocycles. The summed E-state index contributed by atoms with van der Waals surface area (Å²) in [5.41, 5.74) is 2.55. The van der Waals surface area contributed by atoms with Gasteiger partial charge in [0.05, 0.1) is 12.7 Å². The molecule has 5 nitrogen and oxygen atoms in total. The third-order valence-electron chi connectivity index (χ3n) is 4.20. The highest BCUT2D eigenvalue weighted by molar-refractivity contribution is 14.0. The number of ether oxygens (including phenoxy) is 2. The van der Waals surface area contributed by atoms with Crippen LogP contribution in [0.5, 0.6) is 0 Å². The molecule has 1 aliphatic heterocycles. The minimum absolute atomic E-state index is 0. The van der Waals surface area contributed by atoms with Crippen molar-refractivity contribution in [3.05, 3.63) is 35.4 Å². The molecule has 0 radical (unpaired) electrons. The van der Waals surface area contributed by atoms with Crippen LogP contribution in [-0.2, 0) is 9.47 Å². The lowest BCUT2D eigenvalue weighted by Gasteiger charge is -2.32. The zero-order valence-electron chi connectivity index (χ0n) is 14.9. The van der Waals surface area contributed by atoms with Crippen LogP contribution in [0.25, 0.3) is 0 Å². The van der Waals surface area contributed by atoms with E-state index in [-0.39, 0.29) is 30.1 Å². The van der Waals surface area contributed by atoms with E-state index in [1.54, 1.807) is 14.2 Å². The molecular formula is C18H30IN3O2. The van der Waals surface area contributed by atoms with Crippen LogP contribution in [0.15, 0.2) is 29.3 Å². The second-order valence-electron chi connectivity index (χ2n) is 5.98. The molecule has 2 N–H and O–H groups in total. The summed E-state index contributed by atoms with van der Waals surface area (Å²) < 4.78 is 11.1. The first kappa shape index (κ1) is 21.2. The van der Waals surface area contributed by atoms with E-state index in [9.17, 15) is 0 Å². The van der Waals surface area contributed by atoms with Gasteiger partial charge in [0, 0.05) is 39.8 Å². The maximum absolute atomic E-state index is 6.06. The molecule has 0 bridgehead atoms. The molecule has 0 aromatic heterocycles. The molecule has 1 fully saturated rings. The van der Waals surface area contributed by atoms with Gasteiger partial charge < -0.3 is 20.1 Å². The molecule has 1 aromatic rings. The van der Waals surface area contributed by atoms with Crippen molar-refractivity contribution in [2.45, 2.75) is 25.9 Å². The Morgan fingerprint density at radius 2 is 2.04 bits per heavy atom. The number of hydrogen-bond donors (Lipinski definition) is 2. The number of aryl methyl sites for hydroxylation is 1. The lowest BCUT2D eigenvalue weighted by atomic mass is 9.89. The van der Waals surface area contributed by atoms with Crippen LogP contribution < -0.4 is 10.6 Å². The SMILES string of the molecule is CN=C(NCCOC)NCC1CCCOC1c1ccc(C)cc1.I. The van der Waals surface area contributed by atoms with Gasteiger partial charge in [0.1, 0.15) is 0 Å². The average molecular weight is 447 g/mol. The highest BCUT2D eigenvalue weighted by Gasteiger charge is 2.27. The fourth-order valence-electron chi connectivity index (χ4n) is 2.90. The number of hydrogen-bond acceptors (Lipinski definition) is 3. The summed E-state index contributed by atoms with van der Waals surface area (Å²) in [6, 6.07) is 8.68. The number of nitrogens with zero attached hydrogens (tertiary/aromatic N) is 1. The number of methoxy groups -OCH3 is 1. The van der Waals surface area contributed by atoms with Crippen LogP contribution in [0.3, 0.4) is 0 Å². The Hall–Kier alpha value is -0.860. The van der Waals surface area contributed by atoms with Gasteiger partial charge in [-0.2, -0.15) is 0 Å². The van der Waals surface area contributed by atoms with Gasteiger partial charge in [-0.3, -0.25) is 4.99 Å². The summed E-state index contributed by atoms with van der Waals surface area (Å²) in [4.78, 5) is 4.25. The summed E-state index contributed by atoms with van der Waals surface area (Å²) in [5.74, 6) is 1.27. The summed E-state index contributed by atoms with van der Waals surface area (Å²) in [6.45, 7) is 5.22. The maximum Gasteiger partial charge on any atom is 0.191 e. The molecule has 136 valence electrons. The molecule has 2 unspecified atom stereocenters. The minimum atomic E-state index is 0. The van der Waals surface area contributed by atoms with Crippen LogP contribution in [0.1, 0.15) is 30.1 Å². The van der Waals surface area contributed by atoms with E-state index < -0.39 is 0 Å². The van der Waals surface area contributed by atoms with E-state index in [1.807, 2.05) is 0 Å². The van der Waals surface area contributed by atoms with Crippen molar-refractivity contribution in [3.63, 3.8) is 0 Å². The molecule has 0 amide bonds. The van der Waals surface area contributed by atoms with Crippen molar-refractivity contribution in [2.24, 2.45) is 10.9 Å². The topological polar surface area (TPSA) is 54.9 Å². The molecule has 0 saturated carbocycles. The van der Waals surface area contributed by atoms with Gasteiger partial charge in [0.15, 0.2) is 5.96 Å². The fourth-order valence-corrected chi connectivity index (χ4v) is 2.90. The molecule has 24 heavy (non-hydrogen) atoms. The summed E-state index contributed by atoms with van der Waals surface area (Å²) in [6.07, 6.45) is 2.44. The Labute approximate surface area is 162 Å². The highest BCUT2D eigenvalue weighted by atomic mass is 127. The Balaban J connectivity index is 0.00000288. The van der Waals surface area contributed by atoms with E-state index in [0.29, 0.717) is 12.5 Å². The van der Waals surface area contributed by atoms with Crippen molar-refractivity contribution >= 4 is 29.9 Å². The predicted molar refractivity (Wildman–Crippen MR) is 109 cm³/mol. The Kier molecular flexibility index (Phi) is 10.3. The number of benzene rings is 1. The third-order valence-corrected chi connectivity index (χ3v) is 4.20. The van der Waals surface area contributed by atoms with Crippen LogP contribution in [-0.4, -0.2) is 46.4 Å². The first-order valence-corrected chi connectivity index (χ1v) is 8.36. The molecule has 2 rings (SSSR count). The number of guanidine groups is 1. The maximum atomic E-state index is 6.06. The van der Waals surface area contributed by atoms with Crippen LogP contribution in [0.2, 0.25) is 0 Å². The quantitative estimate of drug-likeness (QED) is 0.305. The van der Waals surface area contributed by atoms with Crippen LogP contribution in [0, 0.1) is 12.8 Å². The molecular weight excluding hydrogens is 417 g/mol.